The summed E-state index contributed by atoms with van der Waals surface area (Å²) in [5.74, 6) is 0. The van der Waals surface area contributed by atoms with Gasteiger partial charge in [-0.1, -0.05) is 43.7 Å². The highest BCUT2D eigenvalue weighted by molar-refractivity contribution is 5.29. The number of hydrogen-bond donors (Lipinski definition) is 1. The highest BCUT2D eigenvalue weighted by Crippen LogP contribution is 2.18. The van der Waals surface area contributed by atoms with Crippen LogP contribution in [0.25, 0.3) is 0 Å². The zero-order chi connectivity index (χ0) is 14.5. The minimum Gasteiger partial charge on any atom is -0.330 e. The van der Waals surface area contributed by atoms with E-state index in [1.807, 2.05) is 0 Å². The third kappa shape index (κ3) is 3.10. The fourth-order valence-corrected chi connectivity index (χ4v) is 2.70. The quantitative estimate of drug-likeness (QED) is 0.878. The molecule has 0 saturated heterocycles. The number of rotatable bonds is 6. The monoisotopic (exact) mass is 271 g/mol. The van der Waals surface area contributed by atoms with E-state index < -0.39 is 0 Å². The first kappa shape index (κ1) is 14.8. The number of hydrogen-bond acceptors (Lipinski definition) is 2. The molecule has 1 aromatic heterocycles. The van der Waals surface area contributed by atoms with Gasteiger partial charge in [-0.25, -0.2) is 0 Å². The minimum atomic E-state index is 0.691. The molecule has 2 N–H and O–H groups in total. The predicted octanol–water partition coefficient (Wildman–Crippen LogP) is 2.87. The van der Waals surface area contributed by atoms with Crippen LogP contribution in [0.4, 0.5) is 0 Å². The van der Waals surface area contributed by atoms with Crippen LogP contribution >= 0.6 is 0 Å². The molecule has 0 fully saturated rings. The van der Waals surface area contributed by atoms with Crippen LogP contribution < -0.4 is 5.73 Å². The molecular weight excluding hydrogens is 246 g/mol. The molecule has 0 aliphatic rings. The molecule has 0 spiro atoms. The van der Waals surface area contributed by atoms with E-state index in [2.05, 4.69) is 49.7 Å². The molecule has 0 bridgehead atoms. The Labute approximate surface area is 121 Å². The van der Waals surface area contributed by atoms with Crippen LogP contribution in [0.15, 0.2) is 24.3 Å². The van der Waals surface area contributed by atoms with E-state index in [9.17, 15) is 0 Å². The van der Waals surface area contributed by atoms with Gasteiger partial charge in [-0.05, 0) is 43.9 Å². The lowest BCUT2D eigenvalue weighted by Gasteiger charge is -2.08. The van der Waals surface area contributed by atoms with Gasteiger partial charge in [0, 0.05) is 5.69 Å². The molecule has 3 nitrogen and oxygen atoms in total. The fourth-order valence-electron chi connectivity index (χ4n) is 2.70. The molecule has 108 valence electrons. The van der Waals surface area contributed by atoms with E-state index in [4.69, 9.17) is 10.8 Å². The Bertz CT molecular complexity index is 552. The maximum Gasteiger partial charge on any atom is 0.0662 e. The summed E-state index contributed by atoms with van der Waals surface area (Å²) in [6.45, 7) is 8.01. The minimum absolute atomic E-state index is 0.691. The van der Waals surface area contributed by atoms with E-state index in [-0.39, 0.29) is 0 Å². The van der Waals surface area contributed by atoms with Crippen LogP contribution in [0.5, 0.6) is 0 Å². The van der Waals surface area contributed by atoms with Crippen molar-refractivity contribution < 1.29 is 0 Å². The Morgan fingerprint density at radius 3 is 2.35 bits per heavy atom. The van der Waals surface area contributed by atoms with E-state index in [1.165, 1.54) is 28.1 Å². The van der Waals surface area contributed by atoms with Gasteiger partial charge in [0.15, 0.2) is 0 Å². The van der Waals surface area contributed by atoms with Crippen molar-refractivity contribution in [2.75, 3.05) is 6.54 Å². The van der Waals surface area contributed by atoms with Crippen LogP contribution in [0.3, 0.4) is 0 Å². The largest absolute Gasteiger partial charge is 0.330 e. The molecule has 2 rings (SSSR count). The molecule has 3 heteroatoms. The normalized spacial score (nSPS) is 11.0. The average molecular weight is 271 g/mol. The highest BCUT2D eigenvalue weighted by atomic mass is 15.3. The van der Waals surface area contributed by atoms with Crippen molar-refractivity contribution in [2.24, 2.45) is 5.73 Å². The van der Waals surface area contributed by atoms with Crippen molar-refractivity contribution in [3.05, 3.63) is 52.3 Å². The molecule has 0 amide bonds. The Morgan fingerprint density at radius 2 is 1.80 bits per heavy atom. The third-order valence-corrected chi connectivity index (χ3v) is 3.77. The van der Waals surface area contributed by atoms with Crippen LogP contribution in [-0.4, -0.2) is 16.3 Å². The summed E-state index contributed by atoms with van der Waals surface area (Å²) in [5.41, 5.74) is 12.3. The van der Waals surface area contributed by atoms with Crippen LogP contribution in [-0.2, 0) is 25.8 Å². The van der Waals surface area contributed by atoms with Gasteiger partial charge in [0.25, 0.3) is 0 Å². The second-order valence-corrected chi connectivity index (χ2v) is 5.26. The molecule has 0 radical (unpaired) electrons. The average Bonchev–Trinajstić information content (AvgIpc) is 2.79. The number of aryl methyl sites for hydroxylation is 2. The second-order valence-electron chi connectivity index (χ2n) is 5.26. The SMILES string of the molecule is CCc1nn(Cc2ccc(C)cc2)c(CC)c1CCN. The fraction of sp³-hybridized carbons (Fsp3) is 0.471. The Morgan fingerprint density at radius 1 is 1.10 bits per heavy atom. The van der Waals surface area contributed by atoms with Crippen LogP contribution in [0.2, 0.25) is 0 Å². The lowest BCUT2D eigenvalue weighted by molar-refractivity contribution is 0.639. The Kier molecular flexibility index (Phi) is 4.96. The maximum atomic E-state index is 5.75. The molecule has 20 heavy (non-hydrogen) atoms. The van der Waals surface area contributed by atoms with Gasteiger partial charge in [-0.15, -0.1) is 0 Å². The van der Waals surface area contributed by atoms with Crippen LogP contribution in [0, 0.1) is 6.92 Å². The summed E-state index contributed by atoms with van der Waals surface area (Å²) in [6, 6.07) is 8.69. The molecule has 0 aliphatic heterocycles. The topological polar surface area (TPSA) is 43.8 Å². The molecule has 0 saturated carbocycles. The lowest BCUT2D eigenvalue weighted by atomic mass is 10.1. The van der Waals surface area contributed by atoms with Crippen molar-refractivity contribution in [2.45, 2.75) is 46.6 Å². The van der Waals surface area contributed by atoms with Gasteiger partial charge >= 0.3 is 0 Å². The van der Waals surface area contributed by atoms with Crippen molar-refractivity contribution in [1.82, 2.24) is 9.78 Å². The molecule has 0 atom stereocenters. The standard InChI is InChI=1S/C17H25N3/c1-4-16-15(10-11-18)17(5-2)20(19-16)12-14-8-6-13(3)7-9-14/h6-9H,4-5,10-12,18H2,1-3H3. The third-order valence-electron chi connectivity index (χ3n) is 3.77. The Hall–Kier alpha value is -1.61. The number of benzene rings is 1. The number of nitrogens with zero attached hydrogens (tertiary/aromatic N) is 2. The van der Waals surface area contributed by atoms with E-state index >= 15 is 0 Å². The molecule has 1 aromatic carbocycles. The lowest BCUT2D eigenvalue weighted by Crippen LogP contribution is -2.09. The molecule has 2 aromatic rings. The molecule has 0 aliphatic carbocycles. The Balaban J connectivity index is 2.33. The van der Waals surface area contributed by atoms with Gasteiger partial charge in [-0.2, -0.15) is 5.10 Å². The predicted molar refractivity (Wildman–Crippen MR) is 84.0 cm³/mol. The molecule has 0 unspecified atom stereocenters. The smallest absolute Gasteiger partial charge is 0.0662 e. The highest BCUT2D eigenvalue weighted by Gasteiger charge is 2.14. The van der Waals surface area contributed by atoms with Crippen molar-refractivity contribution in [3.63, 3.8) is 0 Å². The first-order valence-electron chi connectivity index (χ1n) is 7.52. The van der Waals surface area contributed by atoms with Gasteiger partial charge in [0.1, 0.15) is 0 Å². The zero-order valence-corrected chi connectivity index (χ0v) is 12.8. The van der Waals surface area contributed by atoms with Gasteiger partial charge in [0.2, 0.25) is 0 Å². The van der Waals surface area contributed by atoms with Crippen molar-refractivity contribution in [1.29, 1.82) is 0 Å². The van der Waals surface area contributed by atoms with E-state index in [1.54, 1.807) is 0 Å². The first-order valence-corrected chi connectivity index (χ1v) is 7.52. The molecular formula is C17H25N3. The first-order chi connectivity index (χ1) is 9.69. The number of nitrogens with two attached hydrogens (primary N) is 1. The second kappa shape index (κ2) is 6.71. The summed E-state index contributed by atoms with van der Waals surface area (Å²) in [6.07, 6.45) is 2.91. The van der Waals surface area contributed by atoms with Crippen LogP contribution in [0.1, 0.15) is 41.9 Å². The van der Waals surface area contributed by atoms with E-state index in [0.29, 0.717) is 6.54 Å². The summed E-state index contributed by atoms with van der Waals surface area (Å²) in [4.78, 5) is 0. The van der Waals surface area contributed by atoms with Gasteiger partial charge in [0.05, 0.1) is 12.2 Å². The van der Waals surface area contributed by atoms with Crippen molar-refractivity contribution >= 4 is 0 Å². The van der Waals surface area contributed by atoms with Gasteiger partial charge in [-0.3, -0.25) is 4.68 Å². The maximum absolute atomic E-state index is 5.75. The number of aromatic nitrogens is 2. The summed E-state index contributed by atoms with van der Waals surface area (Å²) >= 11 is 0. The zero-order valence-electron chi connectivity index (χ0n) is 12.8. The van der Waals surface area contributed by atoms with Crippen molar-refractivity contribution in [3.8, 4) is 0 Å². The summed E-state index contributed by atoms with van der Waals surface area (Å²) in [5, 5.41) is 4.80. The summed E-state index contributed by atoms with van der Waals surface area (Å²) in [7, 11) is 0. The summed E-state index contributed by atoms with van der Waals surface area (Å²) < 4.78 is 2.16. The van der Waals surface area contributed by atoms with E-state index in [0.717, 1.165) is 25.8 Å². The van der Waals surface area contributed by atoms with Gasteiger partial charge < -0.3 is 5.73 Å². The molecule has 1 heterocycles.